The fourth-order valence-corrected chi connectivity index (χ4v) is 3.17. The first-order valence-electron chi connectivity index (χ1n) is 8.02. The van der Waals surface area contributed by atoms with Crippen LogP contribution in [-0.4, -0.2) is 53.9 Å². The summed E-state index contributed by atoms with van der Waals surface area (Å²) in [7, 11) is 0. The minimum atomic E-state index is -0.194. The van der Waals surface area contributed by atoms with Crippen molar-refractivity contribution in [3.63, 3.8) is 0 Å². The van der Waals surface area contributed by atoms with Gasteiger partial charge in [-0.05, 0) is 52.0 Å². The van der Waals surface area contributed by atoms with Crippen LogP contribution in [0.1, 0.15) is 46.0 Å². The number of aliphatic hydroxyl groups excluding tert-OH is 1. The van der Waals surface area contributed by atoms with Gasteiger partial charge in [0.25, 0.3) is 0 Å². The molecule has 1 aliphatic heterocycles. The largest absolute Gasteiger partial charge is 0.394 e. The van der Waals surface area contributed by atoms with Gasteiger partial charge in [0.15, 0.2) is 0 Å². The molecule has 2 fully saturated rings. The number of nitrogens with one attached hydrogen (secondary N) is 2. The van der Waals surface area contributed by atoms with Crippen molar-refractivity contribution in [2.75, 3.05) is 19.7 Å². The van der Waals surface area contributed by atoms with Crippen molar-refractivity contribution in [1.82, 2.24) is 15.5 Å². The third-order valence-corrected chi connectivity index (χ3v) is 4.80. The number of carbonyl (C=O) groups excluding carboxylic acids is 1. The van der Waals surface area contributed by atoms with Crippen LogP contribution in [0.15, 0.2) is 0 Å². The molecule has 2 aliphatic rings. The zero-order valence-electron chi connectivity index (χ0n) is 12.8. The van der Waals surface area contributed by atoms with Gasteiger partial charge >= 0.3 is 6.03 Å². The lowest BCUT2D eigenvalue weighted by Gasteiger charge is -2.43. The SMILES string of the molecule is C[C@H](NC(=O)N[C@@H](C)CO)[C@@H]1CCCN(C2CCC2)C1. The third kappa shape index (κ3) is 4.09. The highest BCUT2D eigenvalue weighted by atomic mass is 16.3. The van der Waals surface area contributed by atoms with Gasteiger partial charge in [-0.15, -0.1) is 0 Å². The molecule has 1 saturated heterocycles. The summed E-state index contributed by atoms with van der Waals surface area (Å²) < 4.78 is 0. The molecule has 0 aromatic rings. The molecule has 0 aromatic carbocycles. The Labute approximate surface area is 122 Å². The summed E-state index contributed by atoms with van der Waals surface area (Å²) in [5, 5.41) is 14.7. The van der Waals surface area contributed by atoms with Crippen molar-refractivity contribution in [3.8, 4) is 0 Å². The number of likely N-dealkylation sites (tertiary alicyclic amines) is 1. The molecule has 20 heavy (non-hydrogen) atoms. The van der Waals surface area contributed by atoms with E-state index in [1.54, 1.807) is 6.92 Å². The van der Waals surface area contributed by atoms with E-state index in [0.717, 1.165) is 12.6 Å². The highest BCUT2D eigenvalue weighted by Crippen LogP contribution is 2.30. The number of nitrogens with zero attached hydrogens (tertiary/aromatic N) is 1. The molecule has 0 unspecified atom stereocenters. The van der Waals surface area contributed by atoms with E-state index in [9.17, 15) is 4.79 Å². The predicted octanol–water partition coefficient (Wildman–Crippen LogP) is 1.32. The monoisotopic (exact) mass is 283 g/mol. The lowest BCUT2D eigenvalue weighted by Crippen LogP contribution is -2.53. The van der Waals surface area contributed by atoms with Crippen LogP contribution in [0.4, 0.5) is 4.79 Å². The topological polar surface area (TPSA) is 64.6 Å². The number of carbonyl (C=O) groups is 1. The molecule has 3 atom stereocenters. The van der Waals surface area contributed by atoms with Crippen molar-refractivity contribution in [2.45, 2.75) is 64.1 Å². The Morgan fingerprint density at radius 2 is 2.00 bits per heavy atom. The second-order valence-corrected chi connectivity index (χ2v) is 6.47. The average molecular weight is 283 g/mol. The first-order chi connectivity index (χ1) is 9.60. The fourth-order valence-electron chi connectivity index (χ4n) is 3.17. The molecule has 2 rings (SSSR count). The molecular weight excluding hydrogens is 254 g/mol. The third-order valence-electron chi connectivity index (χ3n) is 4.80. The Bertz CT molecular complexity index is 320. The number of hydrogen-bond donors (Lipinski definition) is 3. The van der Waals surface area contributed by atoms with Gasteiger partial charge in [0.2, 0.25) is 0 Å². The maximum atomic E-state index is 11.8. The number of amides is 2. The zero-order chi connectivity index (χ0) is 14.5. The molecule has 3 N–H and O–H groups in total. The highest BCUT2D eigenvalue weighted by Gasteiger charge is 2.31. The van der Waals surface area contributed by atoms with Gasteiger partial charge < -0.3 is 20.6 Å². The molecule has 2 amide bonds. The van der Waals surface area contributed by atoms with Gasteiger partial charge in [-0.1, -0.05) is 6.42 Å². The van der Waals surface area contributed by atoms with Crippen LogP contribution in [0.3, 0.4) is 0 Å². The molecule has 0 aromatic heterocycles. The molecule has 1 heterocycles. The first kappa shape index (κ1) is 15.6. The maximum absolute atomic E-state index is 11.8. The van der Waals surface area contributed by atoms with Crippen LogP contribution in [0.5, 0.6) is 0 Å². The number of piperidine rings is 1. The molecule has 0 spiro atoms. The van der Waals surface area contributed by atoms with E-state index in [4.69, 9.17) is 5.11 Å². The molecule has 0 bridgehead atoms. The van der Waals surface area contributed by atoms with Crippen molar-refractivity contribution in [3.05, 3.63) is 0 Å². The van der Waals surface area contributed by atoms with E-state index < -0.39 is 0 Å². The Morgan fingerprint density at radius 3 is 2.60 bits per heavy atom. The molecule has 1 aliphatic carbocycles. The zero-order valence-corrected chi connectivity index (χ0v) is 12.8. The number of aliphatic hydroxyl groups is 1. The van der Waals surface area contributed by atoms with Crippen molar-refractivity contribution >= 4 is 6.03 Å². The molecule has 0 radical (unpaired) electrons. The molecule has 1 saturated carbocycles. The lowest BCUT2D eigenvalue weighted by atomic mass is 9.86. The second kappa shape index (κ2) is 7.27. The second-order valence-electron chi connectivity index (χ2n) is 6.47. The van der Waals surface area contributed by atoms with Crippen LogP contribution in [-0.2, 0) is 0 Å². The van der Waals surface area contributed by atoms with Gasteiger partial charge in [-0.2, -0.15) is 0 Å². The van der Waals surface area contributed by atoms with Gasteiger partial charge in [-0.25, -0.2) is 4.79 Å². The Balaban J connectivity index is 1.76. The van der Waals surface area contributed by atoms with Crippen LogP contribution in [0, 0.1) is 5.92 Å². The van der Waals surface area contributed by atoms with Gasteiger partial charge in [0.1, 0.15) is 0 Å². The summed E-state index contributed by atoms with van der Waals surface area (Å²) in [5.74, 6) is 0.541. The number of hydrogen-bond acceptors (Lipinski definition) is 3. The fraction of sp³-hybridized carbons (Fsp3) is 0.933. The molecule has 116 valence electrons. The summed E-state index contributed by atoms with van der Waals surface area (Å²) in [5.41, 5.74) is 0. The van der Waals surface area contributed by atoms with E-state index in [1.807, 2.05) is 0 Å². The minimum absolute atomic E-state index is 0.0271. The number of urea groups is 1. The summed E-state index contributed by atoms with van der Waals surface area (Å²) in [4.78, 5) is 14.4. The molecule has 5 heteroatoms. The van der Waals surface area contributed by atoms with Gasteiger partial charge in [0.05, 0.1) is 12.6 Å². The summed E-state index contributed by atoms with van der Waals surface area (Å²) in [6, 6.07) is 0.622. The smallest absolute Gasteiger partial charge is 0.315 e. The van der Waals surface area contributed by atoms with E-state index >= 15 is 0 Å². The van der Waals surface area contributed by atoms with Crippen molar-refractivity contribution < 1.29 is 9.90 Å². The normalized spacial score (nSPS) is 27.4. The summed E-state index contributed by atoms with van der Waals surface area (Å²) in [6.07, 6.45) is 6.51. The standard InChI is InChI=1S/C15H29N3O2/c1-11(10-19)16-15(20)17-12(2)13-5-4-8-18(9-13)14-6-3-7-14/h11-14,19H,3-10H2,1-2H3,(H2,16,17,20)/t11-,12-,13+/m0/s1. The van der Waals surface area contributed by atoms with Crippen LogP contribution >= 0.6 is 0 Å². The van der Waals surface area contributed by atoms with Crippen molar-refractivity contribution in [1.29, 1.82) is 0 Å². The van der Waals surface area contributed by atoms with Crippen LogP contribution in [0.25, 0.3) is 0 Å². The van der Waals surface area contributed by atoms with E-state index in [2.05, 4.69) is 22.5 Å². The first-order valence-corrected chi connectivity index (χ1v) is 8.02. The lowest BCUT2D eigenvalue weighted by molar-refractivity contribution is 0.0677. The summed E-state index contributed by atoms with van der Waals surface area (Å²) >= 11 is 0. The summed E-state index contributed by atoms with van der Waals surface area (Å²) in [6.45, 7) is 6.20. The number of rotatable bonds is 5. The minimum Gasteiger partial charge on any atom is -0.394 e. The van der Waals surface area contributed by atoms with Crippen LogP contribution in [0.2, 0.25) is 0 Å². The molecule has 5 nitrogen and oxygen atoms in total. The van der Waals surface area contributed by atoms with Crippen molar-refractivity contribution in [2.24, 2.45) is 5.92 Å². The maximum Gasteiger partial charge on any atom is 0.315 e. The van der Waals surface area contributed by atoms with E-state index in [1.165, 1.54) is 38.6 Å². The van der Waals surface area contributed by atoms with Crippen LogP contribution < -0.4 is 10.6 Å². The Hall–Kier alpha value is -0.810. The molecular formula is C15H29N3O2. The Kier molecular flexibility index (Phi) is 5.66. The van der Waals surface area contributed by atoms with Gasteiger partial charge in [0, 0.05) is 18.6 Å². The van der Waals surface area contributed by atoms with Gasteiger partial charge in [-0.3, -0.25) is 0 Å². The predicted molar refractivity (Wildman–Crippen MR) is 79.6 cm³/mol. The highest BCUT2D eigenvalue weighted by molar-refractivity contribution is 5.74. The van der Waals surface area contributed by atoms with E-state index in [-0.39, 0.29) is 24.7 Å². The Morgan fingerprint density at radius 1 is 1.25 bits per heavy atom. The average Bonchev–Trinajstić information content (AvgIpc) is 2.36. The quantitative estimate of drug-likeness (QED) is 0.713. The van der Waals surface area contributed by atoms with E-state index in [0.29, 0.717) is 5.92 Å².